The van der Waals surface area contributed by atoms with Crippen LogP contribution in [-0.4, -0.2) is 26.1 Å². The number of nitrogens with zero attached hydrogens (tertiary/aromatic N) is 1. The van der Waals surface area contributed by atoms with Gasteiger partial charge in [0.1, 0.15) is 5.21 Å². The fraction of sp³-hybridized carbons (Fsp3) is 0.417. The minimum atomic E-state index is -3.52. The molecule has 0 aromatic heterocycles. The Morgan fingerprint density at radius 1 is 1.32 bits per heavy atom. The second kappa shape index (κ2) is 5.79. The monoisotopic (exact) mass is 302 g/mol. The average Bonchev–Trinajstić information content (AvgIpc) is 2.39. The van der Waals surface area contributed by atoms with Crippen molar-refractivity contribution in [2.75, 3.05) is 21.4 Å². The van der Waals surface area contributed by atoms with Gasteiger partial charge < -0.3 is 4.90 Å². The molecule has 2 rings (SSSR count). The van der Waals surface area contributed by atoms with E-state index in [1.165, 1.54) is 0 Å². The number of sulfonamides is 1. The van der Waals surface area contributed by atoms with Crippen molar-refractivity contribution in [1.29, 1.82) is 0 Å². The van der Waals surface area contributed by atoms with Crippen LogP contribution in [0.5, 0.6) is 0 Å². The second-order valence-corrected chi connectivity index (χ2v) is 6.69. The van der Waals surface area contributed by atoms with Crippen molar-refractivity contribution >= 4 is 38.9 Å². The average molecular weight is 303 g/mol. The highest BCUT2D eigenvalue weighted by atomic mass is 35.5. The lowest BCUT2D eigenvalue weighted by Crippen LogP contribution is -2.35. The van der Waals surface area contributed by atoms with E-state index in [1.54, 1.807) is 29.2 Å². The molecule has 0 saturated carbocycles. The largest absolute Gasteiger partial charge is 0.312 e. The topological polar surface area (TPSA) is 66.5 Å². The molecule has 1 fully saturated rings. The number of halogens is 1. The predicted molar refractivity (Wildman–Crippen MR) is 75.9 cm³/mol. The van der Waals surface area contributed by atoms with Gasteiger partial charge in [-0.1, -0.05) is 6.07 Å². The standard InChI is InChI=1S/C12H15ClN2O3S/c13-9-19(17,18)14-10-4-3-5-11(8-10)15-7-2-1-6-12(15)16/h3-5,8,14H,1-2,6-7,9H2. The number of benzene rings is 1. The Morgan fingerprint density at radius 2 is 2.11 bits per heavy atom. The molecule has 1 N–H and O–H groups in total. The molecule has 0 spiro atoms. The normalized spacial score (nSPS) is 16.5. The van der Waals surface area contributed by atoms with E-state index < -0.39 is 15.2 Å². The summed E-state index contributed by atoms with van der Waals surface area (Å²) in [6.07, 6.45) is 2.41. The molecule has 1 heterocycles. The van der Waals surface area contributed by atoms with E-state index >= 15 is 0 Å². The number of nitrogens with one attached hydrogen (secondary N) is 1. The van der Waals surface area contributed by atoms with Crippen LogP contribution in [0.3, 0.4) is 0 Å². The van der Waals surface area contributed by atoms with Gasteiger partial charge in [-0.25, -0.2) is 8.42 Å². The molecule has 0 bridgehead atoms. The summed E-state index contributed by atoms with van der Waals surface area (Å²) in [7, 11) is -3.52. The Kier molecular flexibility index (Phi) is 4.31. The molecule has 0 aliphatic carbocycles. The summed E-state index contributed by atoms with van der Waals surface area (Å²) in [6, 6.07) is 6.78. The number of carbonyl (C=O) groups is 1. The molecule has 1 aromatic rings. The molecule has 1 aliphatic rings. The van der Waals surface area contributed by atoms with Crippen molar-refractivity contribution in [3.63, 3.8) is 0 Å². The highest BCUT2D eigenvalue weighted by Crippen LogP contribution is 2.24. The first-order valence-electron chi connectivity index (χ1n) is 5.99. The van der Waals surface area contributed by atoms with Gasteiger partial charge in [-0.3, -0.25) is 9.52 Å². The number of anilines is 2. The summed E-state index contributed by atoms with van der Waals surface area (Å²) >= 11 is 5.34. The number of carbonyl (C=O) groups excluding carboxylic acids is 1. The van der Waals surface area contributed by atoms with Crippen LogP contribution in [0.25, 0.3) is 0 Å². The molecule has 7 heteroatoms. The first-order valence-corrected chi connectivity index (χ1v) is 8.17. The minimum absolute atomic E-state index is 0.0728. The zero-order valence-electron chi connectivity index (χ0n) is 10.3. The number of rotatable bonds is 4. The van der Waals surface area contributed by atoms with E-state index in [-0.39, 0.29) is 5.91 Å². The molecule has 1 aromatic carbocycles. The maximum Gasteiger partial charge on any atom is 0.246 e. The van der Waals surface area contributed by atoms with Crippen LogP contribution in [-0.2, 0) is 14.8 Å². The number of piperidine rings is 1. The van der Waals surface area contributed by atoms with Gasteiger partial charge >= 0.3 is 0 Å². The zero-order valence-corrected chi connectivity index (χ0v) is 11.9. The van der Waals surface area contributed by atoms with Crippen molar-refractivity contribution in [1.82, 2.24) is 0 Å². The number of hydrogen-bond acceptors (Lipinski definition) is 3. The SMILES string of the molecule is O=C1CCCCN1c1cccc(NS(=O)(=O)CCl)c1. The van der Waals surface area contributed by atoms with E-state index in [0.29, 0.717) is 24.3 Å². The van der Waals surface area contributed by atoms with E-state index in [4.69, 9.17) is 11.6 Å². The maximum absolute atomic E-state index is 11.8. The molecule has 19 heavy (non-hydrogen) atoms. The van der Waals surface area contributed by atoms with Crippen LogP contribution >= 0.6 is 11.6 Å². The zero-order chi connectivity index (χ0) is 13.9. The Labute approximate surface area is 117 Å². The molecular weight excluding hydrogens is 288 g/mol. The number of amides is 1. The third-order valence-electron chi connectivity index (χ3n) is 2.90. The van der Waals surface area contributed by atoms with Gasteiger partial charge in [0.15, 0.2) is 0 Å². The fourth-order valence-corrected chi connectivity index (χ4v) is 2.73. The van der Waals surface area contributed by atoms with Crippen molar-refractivity contribution in [2.24, 2.45) is 0 Å². The molecule has 0 unspecified atom stereocenters. The van der Waals surface area contributed by atoms with Crippen LogP contribution in [0.15, 0.2) is 24.3 Å². The van der Waals surface area contributed by atoms with Gasteiger partial charge in [-0.15, -0.1) is 11.6 Å². The Bertz CT molecular complexity index is 574. The second-order valence-electron chi connectivity index (χ2n) is 4.38. The van der Waals surface area contributed by atoms with E-state index in [1.807, 2.05) is 0 Å². The first-order chi connectivity index (χ1) is 9.02. The lowest BCUT2D eigenvalue weighted by molar-refractivity contribution is -0.119. The van der Waals surface area contributed by atoms with Gasteiger partial charge in [0.2, 0.25) is 15.9 Å². The smallest absolute Gasteiger partial charge is 0.246 e. The molecule has 0 atom stereocenters. The van der Waals surface area contributed by atoms with Crippen LogP contribution in [0.2, 0.25) is 0 Å². The summed E-state index contributed by atoms with van der Waals surface area (Å²) in [5, 5.41) is -0.500. The highest BCUT2D eigenvalue weighted by molar-refractivity contribution is 7.93. The molecular formula is C12H15ClN2O3S. The number of hydrogen-bond donors (Lipinski definition) is 1. The maximum atomic E-state index is 11.8. The summed E-state index contributed by atoms with van der Waals surface area (Å²) < 4.78 is 25.2. The van der Waals surface area contributed by atoms with Crippen LogP contribution < -0.4 is 9.62 Å². The van der Waals surface area contributed by atoms with Gasteiger partial charge in [0, 0.05) is 18.7 Å². The van der Waals surface area contributed by atoms with E-state index in [2.05, 4.69) is 4.72 Å². The van der Waals surface area contributed by atoms with Gasteiger partial charge in [-0.2, -0.15) is 0 Å². The van der Waals surface area contributed by atoms with E-state index in [0.717, 1.165) is 12.8 Å². The quantitative estimate of drug-likeness (QED) is 0.867. The first kappa shape index (κ1) is 14.1. The van der Waals surface area contributed by atoms with Crippen molar-refractivity contribution < 1.29 is 13.2 Å². The summed E-state index contributed by atoms with van der Waals surface area (Å²) in [4.78, 5) is 13.5. The molecule has 1 amide bonds. The minimum Gasteiger partial charge on any atom is -0.312 e. The summed E-state index contributed by atoms with van der Waals surface area (Å²) in [6.45, 7) is 0.671. The Hall–Kier alpha value is -1.27. The van der Waals surface area contributed by atoms with Crippen LogP contribution in [0.4, 0.5) is 11.4 Å². The molecule has 0 radical (unpaired) electrons. The van der Waals surface area contributed by atoms with Gasteiger partial charge in [0.05, 0.1) is 5.69 Å². The predicted octanol–water partition coefficient (Wildman–Crippen LogP) is 2.14. The van der Waals surface area contributed by atoms with Crippen LogP contribution in [0.1, 0.15) is 19.3 Å². The van der Waals surface area contributed by atoms with Crippen molar-refractivity contribution in [3.8, 4) is 0 Å². The molecule has 5 nitrogen and oxygen atoms in total. The summed E-state index contributed by atoms with van der Waals surface area (Å²) in [5.41, 5.74) is 1.12. The molecule has 104 valence electrons. The summed E-state index contributed by atoms with van der Waals surface area (Å²) in [5.74, 6) is 0.0728. The molecule has 1 aliphatic heterocycles. The fourth-order valence-electron chi connectivity index (χ4n) is 2.02. The van der Waals surface area contributed by atoms with Gasteiger partial charge in [-0.05, 0) is 31.0 Å². The third-order valence-corrected chi connectivity index (χ3v) is 4.59. The van der Waals surface area contributed by atoms with Crippen molar-refractivity contribution in [3.05, 3.63) is 24.3 Å². The third kappa shape index (κ3) is 3.61. The van der Waals surface area contributed by atoms with Crippen LogP contribution in [0, 0.1) is 0 Å². The lowest BCUT2D eigenvalue weighted by Gasteiger charge is -2.27. The Morgan fingerprint density at radius 3 is 2.79 bits per heavy atom. The highest BCUT2D eigenvalue weighted by Gasteiger charge is 2.20. The van der Waals surface area contributed by atoms with Gasteiger partial charge in [0.25, 0.3) is 0 Å². The number of alkyl halides is 1. The van der Waals surface area contributed by atoms with E-state index in [9.17, 15) is 13.2 Å². The Balaban J connectivity index is 2.21. The lowest BCUT2D eigenvalue weighted by atomic mass is 10.1. The van der Waals surface area contributed by atoms with Crippen molar-refractivity contribution in [2.45, 2.75) is 19.3 Å². The molecule has 1 saturated heterocycles.